The summed E-state index contributed by atoms with van der Waals surface area (Å²) in [6.07, 6.45) is -4.97. The van der Waals surface area contributed by atoms with Gasteiger partial charge in [0.2, 0.25) is 11.2 Å². The zero-order valence-corrected chi connectivity index (χ0v) is 19.0. The van der Waals surface area contributed by atoms with Crippen LogP contribution >= 0.6 is 0 Å². The molecule has 1 aliphatic heterocycles. The summed E-state index contributed by atoms with van der Waals surface area (Å²) >= 11 is 0. The fourth-order valence-electron chi connectivity index (χ4n) is 4.28. The molecule has 1 N–H and O–H groups in total. The molecule has 2 aromatic carbocycles. The summed E-state index contributed by atoms with van der Waals surface area (Å²) in [5, 5.41) is 12.6. The van der Waals surface area contributed by atoms with Crippen LogP contribution in [0, 0.1) is 0 Å². The Kier molecular flexibility index (Phi) is 6.46. The standard InChI is InChI=1S/C24H25F3N2O5/c1-28-8-10-29(11-9-28)13-16-17(30)6-5-15-21(31)20(23(24(25,26)27)34-22(15)16)14-4-7-18(32-2)19(12-14)33-3/h4-7,12,30H,8-11,13H2,1-3H3. The first-order valence-corrected chi connectivity index (χ1v) is 10.8. The van der Waals surface area contributed by atoms with E-state index in [1.54, 1.807) is 0 Å². The smallest absolute Gasteiger partial charge is 0.450 e. The van der Waals surface area contributed by atoms with Gasteiger partial charge in [-0.3, -0.25) is 9.69 Å². The van der Waals surface area contributed by atoms with Crippen LogP contribution in [-0.2, 0) is 12.7 Å². The fraction of sp³-hybridized carbons (Fsp3) is 0.375. The molecule has 3 aromatic rings. The molecule has 0 saturated carbocycles. The maximum absolute atomic E-state index is 14.1. The third kappa shape index (κ3) is 4.43. The van der Waals surface area contributed by atoms with E-state index in [-0.39, 0.29) is 34.4 Å². The number of methoxy groups -OCH3 is 2. The highest BCUT2D eigenvalue weighted by Crippen LogP contribution is 2.40. The topological polar surface area (TPSA) is 79.4 Å². The van der Waals surface area contributed by atoms with Gasteiger partial charge in [0.25, 0.3) is 0 Å². The van der Waals surface area contributed by atoms with Gasteiger partial charge in [0.05, 0.1) is 38.3 Å². The molecule has 0 bridgehead atoms. The van der Waals surface area contributed by atoms with Gasteiger partial charge in [-0.1, -0.05) is 17.9 Å². The number of nitrogens with one attached hydrogen (secondary N) is 1. The SMILES string of the molecule is COc1ccc(-c2c(C(F)(F)F)oc3c(C[NH+]4CCN(C)CC4)c([O-])ccc3c2=O)cc1OC. The Morgan fingerprint density at radius 3 is 2.38 bits per heavy atom. The van der Waals surface area contributed by atoms with Crippen molar-refractivity contribution in [3.63, 3.8) is 0 Å². The van der Waals surface area contributed by atoms with E-state index in [0.29, 0.717) is 5.75 Å². The molecule has 2 heterocycles. The number of quaternary nitrogens is 1. The van der Waals surface area contributed by atoms with E-state index in [0.717, 1.165) is 31.1 Å². The number of halogens is 3. The minimum atomic E-state index is -4.97. The van der Waals surface area contributed by atoms with Crippen LogP contribution < -0.4 is 24.9 Å². The monoisotopic (exact) mass is 478 g/mol. The van der Waals surface area contributed by atoms with Crippen molar-refractivity contribution in [2.45, 2.75) is 12.7 Å². The normalized spacial score (nSPS) is 15.6. The molecule has 0 radical (unpaired) electrons. The molecule has 1 saturated heterocycles. The molecule has 0 spiro atoms. The van der Waals surface area contributed by atoms with E-state index < -0.39 is 28.7 Å². The molecule has 0 atom stereocenters. The number of ether oxygens (including phenoxy) is 2. The van der Waals surface area contributed by atoms with Gasteiger partial charge in [-0.15, -0.1) is 0 Å². The lowest BCUT2D eigenvalue weighted by atomic mass is 9.99. The highest BCUT2D eigenvalue weighted by Gasteiger charge is 2.40. The lowest BCUT2D eigenvalue weighted by Crippen LogP contribution is -3.13. The average Bonchev–Trinajstić information content (AvgIpc) is 2.81. The summed E-state index contributed by atoms with van der Waals surface area (Å²) < 4.78 is 58.1. The fourth-order valence-corrected chi connectivity index (χ4v) is 4.28. The molecular formula is C24H25F3N2O5. The first-order valence-electron chi connectivity index (χ1n) is 10.8. The van der Waals surface area contributed by atoms with Gasteiger partial charge in [0.1, 0.15) is 12.1 Å². The highest BCUT2D eigenvalue weighted by atomic mass is 19.4. The molecule has 0 unspecified atom stereocenters. The lowest BCUT2D eigenvalue weighted by Gasteiger charge is -2.30. The van der Waals surface area contributed by atoms with Crippen LogP contribution in [0.3, 0.4) is 0 Å². The Balaban J connectivity index is 1.93. The lowest BCUT2D eigenvalue weighted by molar-refractivity contribution is -0.918. The molecule has 182 valence electrons. The molecule has 0 amide bonds. The summed E-state index contributed by atoms with van der Waals surface area (Å²) in [5.74, 6) is -1.42. The third-order valence-corrected chi connectivity index (χ3v) is 6.17. The molecule has 0 aliphatic carbocycles. The number of hydrogen-bond acceptors (Lipinski definition) is 6. The van der Waals surface area contributed by atoms with E-state index in [1.165, 1.54) is 44.6 Å². The minimum Gasteiger partial charge on any atom is -0.872 e. The van der Waals surface area contributed by atoms with E-state index >= 15 is 0 Å². The molecule has 34 heavy (non-hydrogen) atoms. The Hall–Kier alpha value is -3.24. The van der Waals surface area contributed by atoms with Gasteiger partial charge in [-0.25, -0.2) is 0 Å². The largest absolute Gasteiger partial charge is 0.872 e. The van der Waals surface area contributed by atoms with Crippen molar-refractivity contribution >= 4 is 11.0 Å². The summed E-state index contributed by atoms with van der Waals surface area (Å²) in [7, 11) is 4.73. The van der Waals surface area contributed by atoms with Crippen LogP contribution in [0.5, 0.6) is 17.2 Å². The van der Waals surface area contributed by atoms with Crippen molar-refractivity contribution in [1.29, 1.82) is 0 Å². The van der Waals surface area contributed by atoms with E-state index in [1.807, 2.05) is 7.05 Å². The number of likely N-dealkylation sites (N-methyl/N-ethyl adjacent to an activating group) is 1. The van der Waals surface area contributed by atoms with E-state index in [2.05, 4.69) is 4.90 Å². The molecule has 7 nitrogen and oxygen atoms in total. The maximum atomic E-state index is 14.1. The van der Waals surface area contributed by atoms with Crippen LogP contribution in [0.15, 0.2) is 39.5 Å². The van der Waals surface area contributed by atoms with Crippen LogP contribution in [0.25, 0.3) is 22.1 Å². The number of hydrogen-bond donors (Lipinski definition) is 1. The molecule has 1 fully saturated rings. The van der Waals surface area contributed by atoms with Crippen molar-refractivity contribution < 1.29 is 37.1 Å². The van der Waals surface area contributed by atoms with Crippen molar-refractivity contribution in [2.75, 3.05) is 47.4 Å². The molecular weight excluding hydrogens is 453 g/mol. The summed E-state index contributed by atoms with van der Waals surface area (Å²) in [6, 6.07) is 6.50. The van der Waals surface area contributed by atoms with E-state index in [9.17, 15) is 23.1 Å². The molecule has 1 aromatic heterocycles. The van der Waals surface area contributed by atoms with E-state index in [4.69, 9.17) is 13.9 Å². The van der Waals surface area contributed by atoms with Crippen molar-refractivity contribution in [1.82, 2.24) is 4.90 Å². The van der Waals surface area contributed by atoms with Crippen molar-refractivity contribution in [2.24, 2.45) is 0 Å². The maximum Gasteiger partial charge on any atom is 0.450 e. The number of nitrogens with zero attached hydrogens (tertiary/aromatic N) is 1. The highest BCUT2D eigenvalue weighted by molar-refractivity contribution is 5.87. The predicted molar refractivity (Wildman–Crippen MR) is 117 cm³/mol. The second-order valence-corrected chi connectivity index (χ2v) is 8.35. The van der Waals surface area contributed by atoms with Gasteiger partial charge in [0.15, 0.2) is 11.5 Å². The Morgan fingerprint density at radius 2 is 1.76 bits per heavy atom. The second kappa shape index (κ2) is 9.19. The van der Waals surface area contributed by atoms with Gasteiger partial charge in [-0.05, 0) is 30.8 Å². The first-order chi connectivity index (χ1) is 16.1. The van der Waals surface area contributed by atoms with Gasteiger partial charge in [0, 0.05) is 18.7 Å². The Morgan fingerprint density at radius 1 is 1.09 bits per heavy atom. The predicted octanol–water partition coefficient (Wildman–Crippen LogP) is 1.90. The van der Waals surface area contributed by atoms with Crippen LogP contribution in [-0.4, -0.2) is 52.3 Å². The average molecular weight is 478 g/mol. The number of piperazine rings is 1. The molecule has 4 rings (SSSR count). The van der Waals surface area contributed by atoms with Crippen molar-refractivity contribution in [3.05, 3.63) is 51.9 Å². The van der Waals surface area contributed by atoms with Crippen LogP contribution in [0.1, 0.15) is 11.3 Å². The number of alkyl halides is 3. The number of rotatable bonds is 5. The molecule has 1 aliphatic rings. The second-order valence-electron chi connectivity index (χ2n) is 8.35. The summed E-state index contributed by atoms with van der Waals surface area (Å²) in [5.41, 5.74) is -1.76. The van der Waals surface area contributed by atoms with Gasteiger partial charge in [-0.2, -0.15) is 13.2 Å². The molecule has 10 heteroatoms. The Bertz CT molecular complexity index is 1260. The van der Waals surface area contributed by atoms with Gasteiger partial charge < -0.3 is 23.9 Å². The van der Waals surface area contributed by atoms with Crippen LogP contribution in [0.2, 0.25) is 0 Å². The van der Waals surface area contributed by atoms with Crippen LogP contribution in [0.4, 0.5) is 13.2 Å². The quantitative estimate of drug-likeness (QED) is 0.604. The zero-order valence-electron chi connectivity index (χ0n) is 19.0. The van der Waals surface area contributed by atoms with Gasteiger partial charge >= 0.3 is 6.18 Å². The number of benzene rings is 2. The number of fused-ring (bicyclic) bond motifs is 1. The summed E-state index contributed by atoms with van der Waals surface area (Å²) in [4.78, 5) is 16.6. The first kappa shape index (κ1) is 23.9. The summed E-state index contributed by atoms with van der Waals surface area (Å²) in [6.45, 7) is 3.24. The minimum absolute atomic E-state index is 0.0296. The Labute approximate surface area is 193 Å². The zero-order chi connectivity index (χ0) is 24.6. The third-order valence-electron chi connectivity index (χ3n) is 6.17. The van der Waals surface area contributed by atoms with Crippen molar-refractivity contribution in [3.8, 4) is 28.4 Å².